The van der Waals surface area contributed by atoms with Crippen molar-refractivity contribution < 1.29 is 22.4 Å². The van der Waals surface area contributed by atoms with Crippen LogP contribution >= 0.6 is 11.8 Å². The molecule has 2 aromatic heterocycles. The van der Waals surface area contributed by atoms with E-state index in [1.165, 1.54) is 28.5 Å². The number of nitrogens with zero attached hydrogens (tertiary/aromatic N) is 4. The highest BCUT2D eigenvalue weighted by Crippen LogP contribution is 2.50. The number of halogens is 4. The second-order valence-electron chi connectivity index (χ2n) is 10.7. The number of imidazole rings is 1. The first-order valence-electron chi connectivity index (χ1n) is 13.3. The first kappa shape index (κ1) is 28.1. The molecule has 1 amide bonds. The van der Waals surface area contributed by atoms with Crippen molar-refractivity contribution in [2.24, 2.45) is 0 Å². The van der Waals surface area contributed by atoms with Gasteiger partial charge in [0.25, 0.3) is 0 Å². The number of thioether (sulfide) groups is 1. The molecule has 6 rings (SSSR count). The van der Waals surface area contributed by atoms with Gasteiger partial charge in [0.05, 0.1) is 16.6 Å². The fraction of sp³-hybridized carbons (Fsp3) is 0.357. The van der Waals surface area contributed by atoms with Crippen LogP contribution in [0.3, 0.4) is 0 Å². The summed E-state index contributed by atoms with van der Waals surface area (Å²) in [6.45, 7) is 9.45. The lowest BCUT2D eigenvalue weighted by atomic mass is 9.94. The molecule has 0 spiro atoms. The molecule has 2 N–H and O–H groups in total. The zero-order valence-electron chi connectivity index (χ0n) is 22.8. The van der Waals surface area contributed by atoms with Gasteiger partial charge in [-0.3, -0.25) is 9.36 Å². The molecule has 42 heavy (non-hydrogen) atoms. The Kier molecular flexibility index (Phi) is 6.52. The molecule has 2 aliphatic heterocycles. The number of aromatic nitrogens is 4. The molecule has 1 fully saturated rings. The maximum absolute atomic E-state index is 14.9. The van der Waals surface area contributed by atoms with Crippen LogP contribution in [0.25, 0.3) is 33.1 Å². The maximum Gasteiger partial charge on any atom is 0.417 e. The van der Waals surface area contributed by atoms with Crippen molar-refractivity contribution in [2.75, 3.05) is 23.7 Å². The lowest BCUT2D eigenvalue weighted by Crippen LogP contribution is -2.58. The number of fused-ring (bicyclic) bond motifs is 1. The Morgan fingerprint density at radius 2 is 1.76 bits per heavy atom. The molecule has 0 aliphatic carbocycles. The largest absolute Gasteiger partial charge is 0.417 e. The minimum absolute atomic E-state index is 0.0211. The fourth-order valence-corrected chi connectivity index (χ4v) is 7.52. The summed E-state index contributed by atoms with van der Waals surface area (Å²) in [5.74, 6) is -0.663. The second-order valence-corrected chi connectivity index (χ2v) is 11.8. The van der Waals surface area contributed by atoms with E-state index in [2.05, 4.69) is 21.5 Å². The molecule has 14 heteroatoms. The van der Waals surface area contributed by atoms with Gasteiger partial charge in [-0.1, -0.05) is 6.58 Å². The summed E-state index contributed by atoms with van der Waals surface area (Å²) in [4.78, 5) is 50.7. The molecule has 2 aliphatic rings. The number of aromatic amines is 2. The van der Waals surface area contributed by atoms with Gasteiger partial charge in [0.15, 0.2) is 0 Å². The zero-order valence-corrected chi connectivity index (χ0v) is 23.6. The molecule has 3 atom stereocenters. The summed E-state index contributed by atoms with van der Waals surface area (Å²) in [6, 6.07) is 2.16. The number of anilines is 1. The summed E-state index contributed by atoms with van der Waals surface area (Å²) < 4.78 is 60.6. The van der Waals surface area contributed by atoms with Crippen molar-refractivity contribution in [1.82, 2.24) is 24.4 Å². The number of piperazine rings is 1. The average molecular weight is 603 g/mol. The number of hydrogen-bond donors (Lipinski definition) is 2. The van der Waals surface area contributed by atoms with Gasteiger partial charge in [-0.25, -0.2) is 14.0 Å². The molecule has 9 nitrogen and oxygen atoms in total. The number of rotatable bonds is 3. The molecule has 220 valence electrons. The van der Waals surface area contributed by atoms with Crippen LogP contribution in [0.15, 0.2) is 45.3 Å². The minimum Gasteiger partial charge on any atom is -0.352 e. The number of carbonyl (C=O) groups excluding carboxylic acids is 1. The predicted octanol–water partition coefficient (Wildman–Crippen LogP) is 4.67. The van der Waals surface area contributed by atoms with Crippen molar-refractivity contribution in [3.8, 4) is 11.1 Å². The topological polar surface area (TPSA) is 107 Å². The predicted molar refractivity (Wildman–Crippen MR) is 152 cm³/mol. The van der Waals surface area contributed by atoms with E-state index in [1.807, 2.05) is 13.8 Å². The van der Waals surface area contributed by atoms with Crippen LogP contribution in [0.4, 0.5) is 23.4 Å². The summed E-state index contributed by atoms with van der Waals surface area (Å²) in [5.41, 5.74) is -2.70. The summed E-state index contributed by atoms with van der Waals surface area (Å²) in [7, 11) is 0. The van der Waals surface area contributed by atoms with Gasteiger partial charge in [-0.15, -0.1) is 11.8 Å². The van der Waals surface area contributed by atoms with E-state index in [0.29, 0.717) is 5.75 Å². The number of alkyl halides is 3. The second kappa shape index (κ2) is 9.75. The van der Waals surface area contributed by atoms with E-state index in [9.17, 15) is 31.9 Å². The van der Waals surface area contributed by atoms with E-state index in [1.54, 1.807) is 16.7 Å². The number of amides is 1. The van der Waals surface area contributed by atoms with Gasteiger partial charge in [-0.05, 0) is 45.0 Å². The van der Waals surface area contributed by atoms with E-state index < -0.39 is 28.9 Å². The van der Waals surface area contributed by atoms with Gasteiger partial charge < -0.3 is 19.8 Å². The Labute approximate surface area is 240 Å². The third-order valence-corrected chi connectivity index (χ3v) is 9.24. The molecule has 4 heterocycles. The van der Waals surface area contributed by atoms with E-state index >= 15 is 0 Å². The Morgan fingerprint density at radius 3 is 2.40 bits per heavy atom. The first-order chi connectivity index (χ1) is 19.8. The summed E-state index contributed by atoms with van der Waals surface area (Å²) in [5, 5.41) is 0.142. The SMILES string of the molecule is C=CC(=O)N1[C@H](C)CN(c2nc(=O)n3c4c(c(-c5ccc(F)c6[nH]c(=O)[nH]c56)c(C(F)(F)F)cc24)SC[C@@H]3C)C[C@@H]1C. The molecule has 0 radical (unpaired) electrons. The monoisotopic (exact) mass is 602 g/mol. The van der Waals surface area contributed by atoms with Gasteiger partial charge in [0, 0.05) is 58.4 Å². The van der Waals surface area contributed by atoms with Crippen molar-refractivity contribution >= 4 is 45.4 Å². The highest BCUT2D eigenvalue weighted by atomic mass is 32.2. The van der Waals surface area contributed by atoms with E-state index in [0.717, 1.165) is 12.1 Å². The Hall–Kier alpha value is -4.07. The van der Waals surface area contributed by atoms with Crippen molar-refractivity contribution in [3.05, 3.63) is 63.2 Å². The molecular formula is C28H26F4N6O3S. The smallest absolute Gasteiger partial charge is 0.352 e. The van der Waals surface area contributed by atoms with Gasteiger partial charge in [0.2, 0.25) is 5.91 Å². The number of benzene rings is 2. The molecule has 2 aromatic carbocycles. The highest BCUT2D eigenvalue weighted by Gasteiger charge is 2.40. The van der Waals surface area contributed by atoms with Gasteiger partial charge in [-0.2, -0.15) is 18.2 Å². The Balaban J connectivity index is 1.68. The van der Waals surface area contributed by atoms with E-state index in [-0.39, 0.29) is 80.9 Å². The van der Waals surface area contributed by atoms with Crippen molar-refractivity contribution in [1.29, 1.82) is 0 Å². The van der Waals surface area contributed by atoms with Crippen molar-refractivity contribution in [3.63, 3.8) is 0 Å². The molecule has 0 saturated carbocycles. The standard InChI is InChI=1S/C28H26F4N6O3S/c1-5-19(39)37-12(2)9-36(10-13(37)3)25-16-8-17(28(30,31)32)20(15-6-7-18(29)22-21(15)33-26(40)34-22)24-23(16)38(27(41)35-25)14(4)11-42-24/h5-8,12-14H,1,9-11H2,2-4H3,(H2,33,34,40)/t12-,13+,14-/m0/s1. The number of hydrogen-bond acceptors (Lipinski definition) is 6. The Morgan fingerprint density at radius 1 is 1.10 bits per heavy atom. The molecule has 1 saturated heterocycles. The van der Waals surface area contributed by atoms with Crippen LogP contribution < -0.4 is 16.3 Å². The molecule has 0 unspecified atom stereocenters. The van der Waals surface area contributed by atoms with Crippen LogP contribution in [-0.4, -0.2) is 61.3 Å². The lowest BCUT2D eigenvalue weighted by Gasteiger charge is -2.45. The molecular weight excluding hydrogens is 576 g/mol. The van der Waals surface area contributed by atoms with E-state index in [4.69, 9.17) is 0 Å². The van der Waals surface area contributed by atoms with Crippen molar-refractivity contribution in [2.45, 2.75) is 50.0 Å². The van der Waals surface area contributed by atoms with Crippen LogP contribution in [0.5, 0.6) is 0 Å². The average Bonchev–Trinajstić information content (AvgIpc) is 3.32. The summed E-state index contributed by atoms with van der Waals surface area (Å²) in [6.07, 6.45) is -3.63. The van der Waals surface area contributed by atoms with Crippen LogP contribution in [-0.2, 0) is 11.0 Å². The third-order valence-electron chi connectivity index (χ3n) is 7.91. The normalized spacial score (nSPS) is 20.9. The number of H-pyrrole nitrogens is 2. The minimum atomic E-state index is -4.85. The maximum atomic E-state index is 14.9. The van der Waals surface area contributed by atoms with Crippen LogP contribution in [0, 0.1) is 5.82 Å². The summed E-state index contributed by atoms with van der Waals surface area (Å²) >= 11 is 1.17. The third kappa shape index (κ3) is 4.22. The fourth-order valence-electron chi connectivity index (χ4n) is 6.25. The van der Waals surface area contributed by atoms with Gasteiger partial charge in [0.1, 0.15) is 17.2 Å². The van der Waals surface area contributed by atoms with Crippen LogP contribution in [0.2, 0.25) is 0 Å². The Bertz CT molecular complexity index is 1900. The highest BCUT2D eigenvalue weighted by molar-refractivity contribution is 7.99. The van der Waals surface area contributed by atoms with Gasteiger partial charge >= 0.3 is 17.6 Å². The zero-order chi connectivity index (χ0) is 30.2. The number of carbonyl (C=O) groups is 1. The van der Waals surface area contributed by atoms with Crippen LogP contribution in [0.1, 0.15) is 32.4 Å². The first-order valence-corrected chi connectivity index (χ1v) is 14.2. The number of nitrogens with one attached hydrogen (secondary N) is 2. The molecule has 0 bridgehead atoms. The lowest BCUT2D eigenvalue weighted by molar-refractivity contribution is -0.137. The quantitative estimate of drug-likeness (QED) is 0.261. The molecule has 4 aromatic rings.